The van der Waals surface area contributed by atoms with E-state index in [1.165, 1.54) is 5.56 Å². The predicted octanol–water partition coefficient (Wildman–Crippen LogP) is 3.09. The molecule has 0 bridgehead atoms. The van der Waals surface area contributed by atoms with Crippen LogP contribution in [0.5, 0.6) is 5.75 Å². The molecule has 0 fully saturated rings. The Labute approximate surface area is 108 Å². The van der Waals surface area contributed by atoms with Crippen LogP contribution in [0, 0.1) is 0 Å². The number of nitrogens with two attached hydrogens (primary N) is 1. The Morgan fingerprint density at radius 3 is 2.56 bits per heavy atom. The van der Waals surface area contributed by atoms with Gasteiger partial charge in [0.15, 0.2) is 0 Å². The van der Waals surface area contributed by atoms with Crippen molar-refractivity contribution < 1.29 is 9.15 Å². The molecule has 0 saturated carbocycles. The second kappa shape index (κ2) is 5.74. The van der Waals surface area contributed by atoms with Crippen molar-refractivity contribution in [3.8, 4) is 5.75 Å². The van der Waals surface area contributed by atoms with Crippen molar-refractivity contribution in [2.24, 2.45) is 5.73 Å². The highest BCUT2D eigenvalue weighted by Crippen LogP contribution is 2.22. The third kappa shape index (κ3) is 2.74. The lowest BCUT2D eigenvalue weighted by Gasteiger charge is -2.12. The monoisotopic (exact) mass is 245 g/mol. The van der Waals surface area contributed by atoms with Crippen molar-refractivity contribution in [1.29, 1.82) is 0 Å². The Hall–Kier alpha value is -1.74. The van der Waals surface area contributed by atoms with E-state index >= 15 is 0 Å². The third-order valence-electron chi connectivity index (χ3n) is 3.12. The van der Waals surface area contributed by atoms with E-state index in [0.717, 1.165) is 29.9 Å². The van der Waals surface area contributed by atoms with Crippen molar-refractivity contribution in [3.63, 3.8) is 0 Å². The molecule has 1 aromatic heterocycles. The van der Waals surface area contributed by atoms with Crippen molar-refractivity contribution in [3.05, 3.63) is 53.5 Å². The van der Waals surface area contributed by atoms with Gasteiger partial charge in [-0.3, -0.25) is 0 Å². The highest BCUT2D eigenvalue weighted by molar-refractivity contribution is 5.30. The van der Waals surface area contributed by atoms with Crippen LogP contribution in [0.1, 0.15) is 29.9 Å². The molecule has 0 aliphatic heterocycles. The van der Waals surface area contributed by atoms with E-state index in [9.17, 15) is 0 Å². The summed E-state index contributed by atoms with van der Waals surface area (Å²) in [5.41, 5.74) is 8.53. The summed E-state index contributed by atoms with van der Waals surface area (Å²) in [4.78, 5) is 0. The van der Waals surface area contributed by atoms with Gasteiger partial charge in [0.25, 0.3) is 0 Å². The molecule has 1 heterocycles. The largest absolute Gasteiger partial charge is 0.497 e. The molecule has 2 aromatic rings. The van der Waals surface area contributed by atoms with Gasteiger partial charge in [0.2, 0.25) is 0 Å². The summed E-state index contributed by atoms with van der Waals surface area (Å²) in [6, 6.07) is 9.95. The molecule has 0 saturated heterocycles. The first-order valence-corrected chi connectivity index (χ1v) is 6.19. The van der Waals surface area contributed by atoms with Crippen LogP contribution < -0.4 is 10.5 Å². The fourth-order valence-corrected chi connectivity index (χ4v) is 2.09. The summed E-state index contributed by atoms with van der Waals surface area (Å²) < 4.78 is 10.5. The number of methoxy groups -OCH3 is 1. The molecule has 0 radical (unpaired) electrons. The van der Waals surface area contributed by atoms with Crippen molar-refractivity contribution in [2.75, 3.05) is 7.11 Å². The topological polar surface area (TPSA) is 48.4 Å². The van der Waals surface area contributed by atoms with Gasteiger partial charge in [-0.2, -0.15) is 0 Å². The second-order valence-corrected chi connectivity index (χ2v) is 4.31. The zero-order valence-corrected chi connectivity index (χ0v) is 10.8. The lowest BCUT2D eigenvalue weighted by Crippen LogP contribution is -2.14. The molecule has 3 nitrogen and oxygen atoms in total. The maximum Gasteiger partial charge on any atom is 0.118 e. The summed E-state index contributed by atoms with van der Waals surface area (Å²) in [7, 11) is 1.67. The first-order valence-electron chi connectivity index (χ1n) is 6.19. The molecular formula is C15H19NO2. The summed E-state index contributed by atoms with van der Waals surface area (Å²) in [6.07, 6.45) is 3.39. The van der Waals surface area contributed by atoms with Crippen molar-refractivity contribution >= 4 is 0 Å². The molecule has 3 heteroatoms. The molecule has 1 atom stereocenters. The Kier molecular flexibility index (Phi) is 4.05. The maximum atomic E-state index is 6.23. The number of aryl methyl sites for hydroxylation is 1. The number of ether oxygens (including phenoxy) is 1. The molecule has 0 aliphatic rings. The van der Waals surface area contributed by atoms with Gasteiger partial charge >= 0.3 is 0 Å². The van der Waals surface area contributed by atoms with E-state index in [1.54, 1.807) is 13.4 Å². The van der Waals surface area contributed by atoms with Gasteiger partial charge < -0.3 is 14.9 Å². The smallest absolute Gasteiger partial charge is 0.118 e. The van der Waals surface area contributed by atoms with Gasteiger partial charge in [-0.25, -0.2) is 0 Å². The summed E-state index contributed by atoms with van der Waals surface area (Å²) in [5.74, 6) is 1.85. The molecule has 18 heavy (non-hydrogen) atoms. The van der Waals surface area contributed by atoms with Crippen molar-refractivity contribution in [2.45, 2.75) is 25.8 Å². The van der Waals surface area contributed by atoms with E-state index in [1.807, 2.05) is 30.3 Å². The normalized spacial score (nSPS) is 12.4. The Morgan fingerprint density at radius 1 is 1.22 bits per heavy atom. The van der Waals surface area contributed by atoms with Crippen LogP contribution in [-0.2, 0) is 12.8 Å². The minimum absolute atomic E-state index is 0.0212. The molecule has 2 N–H and O–H groups in total. The van der Waals surface area contributed by atoms with E-state index < -0.39 is 0 Å². The average molecular weight is 245 g/mol. The standard InChI is InChI=1S/C15H19NO2/c1-3-15-13(8-9-18-15)14(16)10-11-4-6-12(17-2)7-5-11/h4-9,14H,3,10,16H2,1-2H3. The van der Waals surface area contributed by atoms with Gasteiger partial charge in [-0.1, -0.05) is 19.1 Å². The Balaban J connectivity index is 2.08. The van der Waals surface area contributed by atoms with Gasteiger partial charge in [0.05, 0.1) is 13.4 Å². The van der Waals surface area contributed by atoms with Gasteiger partial charge in [-0.15, -0.1) is 0 Å². The van der Waals surface area contributed by atoms with Crippen LogP contribution in [-0.4, -0.2) is 7.11 Å². The molecule has 0 aliphatic carbocycles. The molecule has 0 amide bonds. The molecule has 1 aromatic carbocycles. The third-order valence-corrected chi connectivity index (χ3v) is 3.12. The minimum atomic E-state index is -0.0212. The summed E-state index contributed by atoms with van der Waals surface area (Å²) >= 11 is 0. The predicted molar refractivity (Wildman–Crippen MR) is 71.7 cm³/mol. The summed E-state index contributed by atoms with van der Waals surface area (Å²) in [5, 5.41) is 0. The quantitative estimate of drug-likeness (QED) is 0.880. The first kappa shape index (κ1) is 12.7. The van der Waals surface area contributed by atoms with E-state index in [-0.39, 0.29) is 6.04 Å². The van der Waals surface area contributed by atoms with Gasteiger partial charge in [0, 0.05) is 18.0 Å². The molecule has 96 valence electrons. The number of rotatable bonds is 5. The molecular weight excluding hydrogens is 226 g/mol. The fraction of sp³-hybridized carbons (Fsp3) is 0.333. The highest BCUT2D eigenvalue weighted by Gasteiger charge is 2.13. The SMILES string of the molecule is CCc1occc1C(N)Cc1ccc(OC)cc1. The van der Waals surface area contributed by atoms with E-state index in [0.29, 0.717) is 0 Å². The first-order chi connectivity index (χ1) is 8.74. The fourth-order valence-electron chi connectivity index (χ4n) is 2.09. The lowest BCUT2D eigenvalue weighted by atomic mass is 9.99. The lowest BCUT2D eigenvalue weighted by molar-refractivity contribution is 0.414. The van der Waals surface area contributed by atoms with Crippen LogP contribution in [0.4, 0.5) is 0 Å². The zero-order valence-electron chi connectivity index (χ0n) is 10.8. The van der Waals surface area contributed by atoms with E-state index in [2.05, 4.69) is 6.92 Å². The van der Waals surface area contributed by atoms with Gasteiger partial charge in [0.1, 0.15) is 11.5 Å². The number of hydrogen-bond donors (Lipinski definition) is 1. The van der Waals surface area contributed by atoms with Crippen LogP contribution in [0.3, 0.4) is 0 Å². The van der Waals surface area contributed by atoms with Crippen LogP contribution in [0.25, 0.3) is 0 Å². The van der Waals surface area contributed by atoms with Gasteiger partial charge in [-0.05, 0) is 30.2 Å². The highest BCUT2D eigenvalue weighted by atomic mass is 16.5. The average Bonchev–Trinajstić information content (AvgIpc) is 2.88. The zero-order chi connectivity index (χ0) is 13.0. The van der Waals surface area contributed by atoms with Crippen molar-refractivity contribution in [1.82, 2.24) is 0 Å². The van der Waals surface area contributed by atoms with E-state index in [4.69, 9.17) is 14.9 Å². The number of furan rings is 1. The van der Waals surface area contributed by atoms with Crippen LogP contribution in [0.15, 0.2) is 41.0 Å². The van der Waals surface area contributed by atoms with Crippen LogP contribution >= 0.6 is 0 Å². The molecule has 1 unspecified atom stereocenters. The second-order valence-electron chi connectivity index (χ2n) is 4.31. The number of hydrogen-bond acceptors (Lipinski definition) is 3. The summed E-state index contributed by atoms with van der Waals surface area (Å²) in [6.45, 7) is 2.07. The molecule has 2 rings (SSSR count). The Morgan fingerprint density at radius 2 is 1.94 bits per heavy atom. The molecule has 0 spiro atoms. The number of benzene rings is 1. The minimum Gasteiger partial charge on any atom is -0.497 e. The maximum absolute atomic E-state index is 6.23. The Bertz CT molecular complexity index is 487. The van der Waals surface area contributed by atoms with Crippen LogP contribution in [0.2, 0.25) is 0 Å².